The highest BCUT2D eigenvalue weighted by Gasteiger charge is 2.06. The highest BCUT2D eigenvalue weighted by Crippen LogP contribution is 2.20. The molecule has 17 heavy (non-hydrogen) atoms. The van der Waals surface area contributed by atoms with E-state index < -0.39 is 0 Å². The van der Waals surface area contributed by atoms with Gasteiger partial charge in [-0.3, -0.25) is 4.79 Å². The number of hydrogen-bond acceptors (Lipinski definition) is 3. The Kier molecular flexibility index (Phi) is 3.58. The third kappa shape index (κ3) is 3.17. The fraction of sp³-hybridized carbons (Fsp3) is 0.167. The molecule has 1 N–H and O–H groups in total. The van der Waals surface area contributed by atoms with Crippen LogP contribution in [0.15, 0.2) is 39.7 Å². The Bertz CT molecular complexity index is 523. The zero-order valence-electron chi connectivity index (χ0n) is 9.24. The van der Waals surface area contributed by atoms with E-state index in [1.54, 1.807) is 0 Å². The smallest absolute Gasteiger partial charge is 0.230 e. The molecule has 0 radical (unpaired) electrons. The van der Waals surface area contributed by atoms with E-state index in [9.17, 15) is 4.79 Å². The van der Waals surface area contributed by atoms with Crippen LogP contribution in [-0.2, 0) is 11.2 Å². The third-order valence-corrected chi connectivity index (χ3v) is 3.16. The maximum Gasteiger partial charge on any atom is 0.230 e. The van der Waals surface area contributed by atoms with Gasteiger partial charge in [-0.2, -0.15) is 0 Å². The topological polar surface area (TPSA) is 55.1 Å². The number of amides is 1. The molecule has 1 heterocycles. The van der Waals surface area contributed by atoms with E-state index in [1.807, 2.05) is 25.1 Å². The Hall–Kier alpha value is -1.62. The number of nitrogens with zero attached hydrogens (tertiary/aromatic N) is 1. The molecular formula is C12H11BrN2O2. The Balaban J connectivity index is 2.00. The van der Waals surface area contributed by atoms with Crippen LogP contribution < -0.4 is 5.32 Å². The van der Waals surface area contributed by atoms with Crippen molar-refractivity contribution >= 4 is 27.5 Å². The number of anilines is 1. The summed E-state index contributed by atoms with van der Waals surface area (Å²) in [5, 5.41) is 2.81. The summed E-state index contributed by atoms with van der Waals surface area (Å²) >= 11 is 3.41. The number of aryl methyl sites for hydroxylation is 1. The number of rotatable bonds is 3. The summed E-state index contributed by atoms with van der Waals surface area (Å²) in [6.45, 7) is 1.97. The molecule has 5 heteroatoms. The van der Waals surface area contributed by atoms with Gasteiger partial charge in [-0.25, -0.2) is 4.98 Å². The minimum absolute atomic E-state index is 0.111. The third-order valence-electron chi connectivity index (χ3n) is 2.27. The van der Waals surface area contributed by atoms with E-state index in [0.717, 1.165) is 15.7 Å². The zero-order valence-corrected chi connectivity index (χ0v) is 10.8. The zero-order chi connectivity index (χ0) is 12.3. The van der Waals surface area contributed by atoms with Crippen molar-refractivity contribution in [2.24, 2.45) is 0 Å². The molecule has 0 aliphatic carbocycles. The van der Waals surface area contributed by atoms with Gasteiger partial charge in [0.2, 0.25) is 5.91 Å². The van der Waals surface area contributed by atoms with E-state index in [0.29, 0.717) is 5.69 Å². The maximum atomic E-state index is 11.7. The number of hydrogen-bond donors (Lipinski definition) is 1. The average molecular weight is 295 g/mol. The standard InChI is InChI=1S/C12H11BrN2O2/c1-8-4-9(2-3-11(8)13)15-12(16)5-10-6-17-7-14-10/h2-4,6-7H,5H2,1H3,(H,15,16). The number of halogens is 1. The highest BCUT2D eigenvalue weighted by atomic mass is 79.9. The SMILES string of the molecule is Cc1cc(NC(=O)Cc2cocn2)ccc1Br. The molecule has 0 aliphatic rings. The molecule has 0 aliphatic heterocycles. The summed E-state index contributed by atoms with van der Waals surface area (Å²) in [5.41, 5.74) is 2.47. The van der Waals surface area contributed by atoms with Crippen LogP contribution in [0.1, 0.15) is 11.3 Å². The fourth-order valence-electron chi connectivity index (χ4n) is 1.42. The van der Waals surface area contributed by atoms with Crippen molar-refractivity contribution in [3.8, 4) is 0 Å². The Morgan fingerprint density at radius 3 is 3.00 bits per heavy atom. The first-order valence-corrected chi connectivity index (χ1v) is 5.87. The summed E-state index contributed by atoms with van der Waals surface area (Å²) in [6, 6.07) is 5.66. The molecule has 88 valence electrons. The number of oxazole rings is 1. The summed E-state index contributed by atoms with van der Waals surface area (Å²) < 4.78 is 5.82. The van der Waals surface area contributed by atoms with Gasteiger partial charge in [0.25, 0.3) is 0 Å². The van der Waals surface area contributed by atoms with Gasteiger partial charge >= 0.3 is 0 Å². The van der Waals surface area contributed by atoms with E-state index in [-0.39, 0.29) is 12.3 Å². The van der Waals surface area contributed by atoms with Gasteiger partial charge in [0.15, 0.2) is 6.39 Å². The summed E-state index contributed by atoms with van der Waals surface area (Å²) in [5.74, 6) is -0.111. The molecule has 0 spiro atoms. The lowest BCUT2D eigenvalue weighted by Crippen LogP contribution is -2.14. The van der Waals surface area contributed by atoms with Crippen LogP contribution in [0, 0.1) is 6.92 Å². The molecule has 0 atom stereocenters. The van der Waals surface area contributed by atoms with Crippen LogP contribution in [0.4, 0.5) is 5.69 Å². The molecule has 0 unspecified atom stereocenters. The molecule has 2 rings (SSSR count). The molecule has 4 nitrogen and oxygen atoms in total. The average Bonchev–Trinajstić information content (AvgIpc) is 2.76. The summed E-state index contributed by atoms with van der Waals surface area (Å²) in [4.78, 5) is 15.6. The van der Waals surface area contributed by atoms with Crippen molar-refractivity contribution in [1.82, 2.24) is 4.98 Å². The van der Waals surface area contributed by atoms with Crippen molar-refractivity contribution in [3.63, 3.8) is 0 Å². The minimum atomic E-state index is -0.111. The van der Waals surface area contributed by atoms with Gasteiger partial charge < -0.3 is 9.73 Å². The van der Waals surface area contributed by atoms with Gasteiger partial charge in [0.1, 0.15) is 6.26 Å². The van der Waals surface area contributed by atoms with Gasteiger partial charge in [-0.1, -0.05) is 15.9 Å². The van der Waals surface area contributed by atoms with E-state index >= 15 is 0 Å². The molecule has 0 saturated heterocycles. The van der Waals surface area contributed by atoms with Gasteiger partial charge in [0.05, 0.1) is 12.1 Å². The normalized spacial score (nSPS) is 10.2. The van der Waals surface area contributed by atoms with Crippen molar-refractivity contribution in [1.29, 1.82) is 0 Å². The second-order valence-corrected chi connectivity index (χ2v) is 4.52. The number of carbonyl (C=O) groups is 1. The first-order chi connectivity index (χ1) is 8.15. The van der Waals surface area contributed by atoms with Crippen LogP contribution in [0.25, 0.3) is 0 Å². The predicted molar refractivity (Wildman–Crippen MR) is 67.7 cm³/mol. The van der Waals surface area contributed by atoms with Gasteiger partial charge in [0, 0.05) is 10.2 Å². The highest BCUT2D eigenvalue weighted by molar-refractivity contribution is 9.10. The molecule has 2 aromatic rings. The first kappa shape index (κ1) is 11.9. The van der Waals surface area contributed by atoms with E-state index in [4.69, 9.17) is 4.42 Å². The van der Waals surface area contributed by atoms with Crippen molar-refractivity contribution in [3.05, 3.63) is 46.6 Å². The lowest BCUT2D eigenvalue weighted by molar-refractivity contribution is -0.115. The Morgan fingerprint density at radius 2 is 2.35 bits per heavy atom. The maximum absolute atomic E-state index is 11.7. The lowest BCUT2D eigenvalue weighted by atomic mass is 10.2. The van der Waals surface area contributed by atoms with E-state index in [1.165, 1.54) is 12.7 Å². The number of carbonyl (C=O) groups excluding carboxylic acids is 1. The monoisotopic (exact) mass is 294 g/mol. The van der Waals surface area contributed by atoms with Crippen LogP contribution in [0.5, 0.6) is 0 Å². The summed E-state index contributed by atoms with van der Waals surface area (Å²) in [6.07, 6.45) is 2.99. The van der Waals surface area contributed by atoms with Gasteiger partial charge in [-0.05, 0) is 30.7 Å². The molecule has 1 amide bonds. The van der Waals surface area contributed by atoms with Crippen LogP contribution in [0.2, 0.25) is 0 Å². The van der Waals surface area contributed by atoms with E-state index in [2.05, 4.69) is 26.2 Å². The largest absolute Gasteiger partial charge is 0.451 e. The van der Waals surface area contributed by atoms with Crippen LogP contribution in [0.3, 0.4) is 0 Å². The molecule has 0 fully saturated rings. The Labute approximate surface area is 107 Å². The molecule has 0 saturated carbocycles. The predicted octanol–water partition coefficient (Wildman–Crippen LogP) is 2.93. The van der Waals surface area contributed by atoms with Crippen LogP contribution >= 0.6 is 15.9 Å². The quantitative estimate of drug-likeness (QED) is 0.947. The van der Waals surface area contributed by atoms with Crippen LogP contribution in [-0.4, -0.2) is 10.9 Å². The van der Waals surface area contributed by atoms with Crippen molar-refractivity contribution < 1.29 is 9.21 Å². The number of aromatic nitrogens is 1. The minimum Gasteiger partial charge on any atom is -0.451 e. The lowest BCUT2D eigenvalue weighted by Gasteiger charge is -2.06. The van der Waals surface area contributed by atoms with Crippen molar-refractivity contribution in [2.75, 3.05) is 5.32 Å². The molecule has 0 bridgehead atoms. The molecular weight excluding hydrogens is 284 g/mol. The number of nitrogens with one attached hydrogen (secondary N) is 1. The van der Waals surface area contributed by atoms with Crippen molar-refractivity contribution in [2.45, 2.75) is 13.3 Å². The van der Waals surface area contributed by atoms with Gasteiger partial charge in [-0.15, -0.1) is 0 Å². The summed E-state index contributed by atoms with van der Waals surface area (Å²) in [7, 11) is 0. The number of benzene rings is 1. The second-order valence-electron chi connectivity index (χ2n) is 3.67. The first-order valence-electron chi connectivity index (χ1n) is 5.08. The molecule has 1 aromatic carbocycles. The Morgan fingerprint density at radius 1 is 1.53 bits per heavy atom. The fourth-order valence-corrected chi connectivity index (χ4v) is 1.66. The second kappa shape index (κ2) is 5.14. The molecule has 1 aromatic heterocycles.